The quantitative estimate of drug-likeness (QED) is 0.0388. The average molecular weight is 709 g/mol. The fraction of sp³-hybridized carbons (Fsp3) is 0.486. The lowest BCUT2D eigenvalue weighted by molar-refractivity contribution is -0.134. The van der Waals surface area contributed by atoms with Crippen molar-refractivity contribution >= 4 is 63.3 Å². The summed E-state index contributed by atoms with van der Waals surface area (Å²) in [6, 6.07) is 5.52. The number of aliphatic imine (C=N–C) groups is 1. The van der Waals surface area contributed by atoms with Crippen LogP contribution in [0, 0.1) is 17.8 Å². The molecule has 3 amide bonds. The highest BCUT2D eigenvalue weighted by Crippen LogP contribution is 2.24. The Morgan fingerprint density at radius 2 is 1.64 bits per heavy atom. The van der Waals surface area contributed by atoms with Crippen LogP contribution in [-0.2, 0) is 30.4 Å². The second-order valence-corrected chi connectivity index (χ2v) is 13.8. The van der Waals surface area contributed by atoms with Crippen molar-refractivity contribution in [2.45, 2.75) is 84.2 Å². The molecule has 270 valence electrons. The molecule has 2 heterocycles. The number of fused-ring (bicyclic) bond motifs is 1. The van der Waals surface area contributed by atoms with Crippen LogP contribution in [0.4, 0.5) is 0 Å². The topological polar surface area (TPSA) is 246 Å². The number of thiazole rings is 1. The summed E-state index contributed by atoms with van der Waals surface area (Å²) in [7, 11) is 0. The van der Waals surface area contributed by atoms with Gasteiger partial charge in [-0.15, -0.1) is 11.3 Å². The molecule has 0 fully saturated rings. The summed E-state index contributed by atoms with van der Waals surface area (Å²) >= 11 is 1.15. The van der Waals surface area contributed by atoms with Crippen molar-refractivity contribution in [2.75, 3.05) is 6.54 Å². The Balaban J connectivity index is 1.81. The predicted molar refractivity (Wildman–Crippen MR) is 192 cm³/mol. The van der Waals surface area contributed by atoms with Crippen molar-refractivity contribution < 1.29 is 28.8 Å². The van der Waals surface area contributed by atoms with Crippen LogP contribution in [0.5, 0.6) is 0 Å². The number of aromatic amines is 1. The average Bonchev–Trinajstić information content (AvgIpc) is 3.73. The van der Waals surface area contributed by atoms with Crippen molar-refractivity contribution in [1.29, 1.82) is 0 Å². The van der Waals surface area contributed by atoms with Crippen LogP contribution < -0.4 is 27.8 Å². The molecule has 2 aromatic heterocycles. The van der Waals surface area contributed by atoms with Gasteiger partial charge in [0, 0.05) is 66.3 Å². The third kappa shape index (κ3) is 12.5. The molecule has 0 saturated heterocycles. The normalized spacial score (nSPS) is 13.6. The number of Topliss-reactive ketones (excluding diaryl/α,β-unsaturated/α-hetero) is 3. The van der Waals surface area contributed by atoms with E-state index in [1.165, 1.54) is 13.1 Å². The number of aromatic nitrogens is 2. The number of carbonyl (C=O) groups is 6. The molecule has 0 bridgehead atoms. The third-order valence-corrected chi connectivity index (χ3v) is 9.01. The number of carbonyl (C=O) groups excluding carboxylic acids is 6. The van der Waals surface area contributed by atoms with E-state index < -0.39 is 47.4 Å². The first kappa shape index (κ1) is 39.5. The number of para-hydroxylation sites is 1. The zero-order valence-corrected chi connectivity index (χ0v) is 29.6. The first-order chi connectivity index (χ1) is 23.7. The molecule has 3 aromatic rings. The van der Waals surface area contributed by atoms with Crippen LogP contribution >= 0.6 is 11.3 Å². The van der Waals surface area contributed by atoms with E-state index in [9.17, 15) is 28.8 Å². The Morgan fingerprint density at radius 1 is 0.940 bits per heavy atom. The smallest absolute Gasteiger partial charge is 0.224 e. The fourth-order valence-corrected chi connectivity index (χ4v) is 6.48. The minimum atomic E-state index is -1.14. The fourth-order valence-electron chi connectivity index (χ4n) is 5.85. The maximum absolute atomic E-state index is 13.9. The van der Waals surface area contributed by atoms with Gasteiger partial charge in [-0.1, -0.05) is 32.0 Å². The molecular weight excluding hydrogens is 661 g/mol. The van der Waals surface area contributed by atoms with Crippen LogP contribution in [0.3, 0.4) is 0 Å². The molecular formula is C35H48N8O6S. The summed E-state index contributed by atoms with van der Waals surface area (Å²) < 4.78 is 0. The van der Waals surface area contributed by atoms with Gasteiger partial charge in [0.15, 0.2) is 16.8 Å². The van der Waals surface area contributed by atoms with E-state index in [1.54, 1.807) is 11.6 Å². The molecule has 0 radical (unpaired) electrons. The number of ketones is 3. The van der Waals surface area contributed by atoms with Crippen LogP contribution in [-0.4, -0.2) is 69.6 Å². The third-order valence-electron chi connectivity index (χ3n) is 8.23. The van der Waals surface area contributed by atoms with E-state index in [1.807, 2.05) is 38.1 Å². The minimum Gasteiger partial charge on any atom is -0.370 e. The van der Waals surface area contributed by atoms with Gasteiger partial charge in [0.2, 0.25) is 23.5 Å². The SMILES string of the molecule is CC(=O)C[C@@H](Cc1c[nH]c2ccccc12)C(=O)N[C@@H](CCC(N)=O)C(=O)C[C@@H](CC(C)C)C(=O)N[C@@H](CCCN=C(N)N)C(=O)c1nccs1. The zero-order chi connectivity index (χ0) is 36.8. The van der Waals surface area contributed by atoms with Gasteiger partial charge in [0.25, 0.3) is 0 Å². The lowest BCUT2D eigenvalue weighted by Crippen LogP contribution is -2.48. The number of primary amides is 1. The number of hydrogen-bond donors (Lipinski definition) is 6. The molecule has 1 aromatic carbocycles. The Hall–Kier alpha value is -4.92. The highest BCUT2D eigenvalue weighted by Gasteiger charge is 2.33. The monoisotopic (exact) mass is 708 g/mol. The molecule has 4 atom stereocenters. The number of benzene rings is 1. The highest BCUT2D eigenvalue weighted by atomic mass is 32.1. The van der Waals surface area contributed by atoms with Gasteiger partial charge in [-0.2, -0.15) is 0 Å². The standard InChI is InChI=1S/C35H48N8O6S/c1-20(2)15-22(32(48)43-28(9-6-12-40-35(37)38)31(47)34-39-13-14-50-34)18-29(45)27(10-11-30(36)46)42-33(49)23(16-21(3)44)17-24-19-41-26-8-5-4-7-25(24)26/h4-5,7-8,13-14,19-20,22-23,27-28,41H,6,9-12,15-18H2,1-3H3,(H2,36,46)(H,42,49)(H,43,48)(H4,37,38,40)/t22-,23+,27+,28+/m1/s1. The maximum atomic E-state index is 13.9. The Bertz CT molecular complexity index is 1660. The number of amides is 3. The van der Waals surface area contributed by atoms with Gasteiger partial charge in [-0.05, 0) is 56.6 Å². The van der Waals surface area contributed by atoms with Crippen LogP contribution in [0.2, 0.25) is 0 Å². The molecule has 3 rings (SSSR count). The molecule has 15 heteroatoms. The molecule has 0 spiro atoms. The van der Waals surface area contributed by atoms with Crippen LogP contribution in [0.25, 0.3) is 10.9 Å². The maximum Gasteiger partial charge on any atom is 0.224 e. The van der Waals surface area contributed by atoms with Gasteiger partial charge in [0.1, 0.15) is 5.78 Å². The summed E-state index contributed by atoms with van der Waals surface area (Å²) in [6.45, 7) is 5.46. The molecule has 0 aliphatic heterocycles. The van der Waals surface area contributed by atoms with E-state index in [4.69, 9.17) is 17.2 Å². The number of nitrogens with one attached hydrogen (secondary N) is 3. The predicted octanol–water partition coefficient (Wildman–Crippen LogP) is 2.56. The summed E-state index contributed by atoms with van der Waals surface area (Å²) in [5.41, 5.74) is 18.0. The number of nitrogens with zero attached hydrogens (tertiary/aromatic N) is 2. The largest absolute Gasteiger partial charge is 0.370 e. The number of H-pyrrole nitrogens is 1. The van der Waals surface area contributed by atoms with E-state index in [0.29, 0.717) is 12.8 Å². The van der Waals surface area contributed by atoms with Gasteiger partial charge < -0.3 is 37.6 Å². The minimum absolute atomic E-state index is 0.00307. The van der Waals surface area contributed by atoms with Crippen LogP contribution in [0.15, 0.2) is 47.0 Å². The van der Waals surface area contributed by atoms with Crippen LogP contribution in [0.1, 0.15) is 81.1 Å². The van der Waals surface area contributed by atoms with Crippen molar-refractivity contribution in [3.63, 3.8) is 0 Å². The van der Waals surface area contributed by atoms with E-state index in [-0.39, 0.29) is 73.5 Å². The molecule has 0 unspecified atom stereocenters. The highest BCUT2D eigenvalue weighted by molar-refractivity contribution is 7.11. The molecule has 14 nitrogen and oxygen atoms in total. The Morgan fingerprint density at radius 3 is 2.28 bits per heavy atom. The van der Waals surface area contributed by atoms with Crippen molar-refractivity contribution in [3.8, 4) is 0 Å². The Labute approximate surface area is 295 Å². The Kier molecular flexibility index (Phi) is 15.3. The number of rotatable bonds is 22. The molecule has 9 N–H and O–H groups in total. The van der Waals surface area contributed by atoms with Crippen molar-refractivity contribution in [1.82, 2.24) is 20.6 Å². The lowest BCUT2D eigenvalue weighted by atomic mass is 9.88. The zero-order valence-electron chi connectivity index (χ0n) is 28.8. The number of nitrogens with two attached hydrogens (primary N) is 3. The second kappa shape index (κ2) is 19.3. The van der Waals surface area contributed by atoms with E-state index >= 15 is 0 Å². The molecule has 0 aliphatic rings. The van der Waals surface area contributed by atoms with Gasteiger partial charge in [-0.25, -0.2) is 4.98 Å². The van der Waals surface area contributed by atoms with Gasteiger partial charge >= 0.3 is 0 Å². The van der Waals surface area contributed by atoms with Gasteiger partial charge in [0.05, 0.1) is 12.1 Å². The summed E-state index contributed by atoms with van der Waals surface area (Å²) in [6.07, 6.45) is 3.89. The first-order valence-electron chi connectivity index (χ1n) is 16.7. The second-order valence-electron chi connectivity index (χ2n) is 12.9. The lowest BCUT2D eigenvalue weighted by Gasteiger charge is -2.25. The molecule has 0 saturated carbocycles. The van der Waals surface area contributed by atoms with Crippen molar-refractivity contribution in [2.24, 2.45) is 39.9 Å². The van der Waals surface area contributed by atoms with E-state index in [0.717, 1.165) is 27.8 Å². The first-order valence-corrected chi connectivity index (χ1v) is 17.6. The van der Waals surface area contributed by atoms with Crippen molar-refractivity contribution in [3.05, 3.63) is 52.6 Å². The number of hydrogen-bond acceptors (Lipinski definition) is 9. The summed E-state index contributed by atoms with van der Waals surface area (Å²) in [5, 5.41) is 8.41. The van der Waals surface area contributed by atoms with E-state index in [2.05, 4.69) is 25.6 Å². The molecule has 50 heavy (non-hydrogen) atoms. The summed E-state index contributed by atoms with van der Waals surface area (Å²) in [5.74, 6) is -4.43. The molecule has 0 aliphatic carbocycles. The van der Waals surface area contributed by atoms with Gasteiger partial charge in [-0.3, -0.25) is 29.0 Å². The summed E-state index contributed by atoms with van der Waals surface area (Å²) in [4.78, 5) is 89.9. The number of guanidine groups is 1.